The fraction of sp³-hybridized carbons (Fsp3) is 0. The Morgan fingerprint density at radius 2 is 1.71 bits per heavy atom. The summed E-state index contributed by atoms with van der Waals surface area (Å²) in [4.78, 5) is 0. The number of nitrogens with zero attached hydrogens (tertiary/aromatic N) is 2. The van der Waals surface area contributed by atoms with Crippen LogP contribution in [0.2, 0.25) is 10.0 Å². The Morgan fingerprint density at radius 1 is 1.07 bits per heavy atom. The minimum absolute atomic E-state index is 0.609. The topological polar surface area (TPSA) is 25.8 Å². The summed E-state index contributed by atoms with van der Waals surface area (Å²) < 4.78 is 0.897. The molecule has 0 saturated heterocycles. The van der Waals surface area contributed by atoms with Gasteiger partial charge in [0.1, 0.15) is 5.01 Å². The highest BCUT2D eigenvalue weighted by Gasteiger charge is 2.06. The van der Waals surface area contributed by atoms with Crippen LogP contribution in [-0.2, 0) is 0 Å². The third kappa shape index (κ3) is 2.36. The fourth-order valence-corrected chi connectivity index (χ4v) is 2.82. The Balaban J connectivity index is 2.51. The normalized spacial score (nSPS) is 10.5. The van der Waals surface area contributed by atoms with Crippen LogP contribution in [0.3, 0.4) is 0 Å². The van der Waals surface area contributed by atoms with Crippen LogP contribution >= 0.6 is 57.1 Å². The van der Waals surface area contributed by atoms with Crippen molar-refractivity contribution in [1.82, 2.24) is 10.2 Å². The Kier molecular flexibility index (Phi) is 3.26. The zero-order valence-corrected chi connectivity index (χ0v) is 11.2. The fourth-order valence-electron chi connectivity index (χ4n) is 0.999. The number of benzene rings is 1. The van der Waals surface area contributed by atoms with Gasteiger partial charge in [-0.15, -0.1) is 10.2 Å². The van der Waals surface area contributed by atoms with E-state index in [2.05, 4.69) is 32.8 Å². The maximum Gasteiger partial charge on any atom is 0.178 e. The first-order chi connectivity index (χ1) is 6.65. The van der Waals surface area contributed by atoms with E-state index >= 15 is 0 Å². The molecule has 0 radical (unpaired) electrons. The number of rotatable bonds is 1. The predicted octanol–water partition coefficient (Wildman–Crippen LogP) is 4.12. The largest absolute Gasteiger partial charge is 0.178 e. The maximum absolute atomic E-state index is 5.88. The highest BCUT2D eigenvalue weighted by molar-refractivity contribution is 14.1. The van der Waals surface area contributed by atoms with Crippen LogP contribution in [0.1, 0.15) is 0 Å². The number of aromatic nitrogens is 2. The van der Waals surface area contributed by atoms with Crippen molar-refractivity contribution in [2.24, 2.45) is 0 Å². The van der Waals surface area contributed by atoms with E-state index in [1.807, 2.05) is 12.1 Å². The molecule has 0 unspecified atom stereocenters. The molecule has 0 N–H and O–H groups in total. The first-order valence-corrected chi connectivity index (χ1v) is 6.26. The average Bonchev–Trinajstić information content (AvgIpc) is 2.50. The molecule has 72 valence electrons. The van der Waals surface area contributed by atoms with E-state index in [4.69, 9.17) is 23.2 Å². The van der Waals surface area contributed by atoms with Crippen molar-refractivity contribution in [1.29, 1.82) is 0 Å². The van der Waals surface area contributed by atoms with Crippen molar-refractivity contribution in [3.63, 3.8) is 0 Å². The second-order valence-electron chi connectivity index (χ2n) is 2.52. The monoisotopic (exact) mass is 356 g/mol. The SMILES string of the molecule is Clc1cc(Cl)cc(-c2nnc(I)s2)c1. The standard InChI is InChI=1S/C8H3Cl2IN2S/c9-5-1-4(2-6(10)3-5)7-12-13-8(11)14-7/h1-3H. The van der Waals surface area contributed by atoms with Gasteiger partial charge in [-0.25, -0.2) is 0 Å². The summed E-state index contributed by atoms with van der Waals surface area (Å²) in [6, 6.07) is 5.34. The van der Waals surface area contributed by atoms with E-state index in [1.165, 1.54) is 11.3 Å². The second-order valence-corrected chi connectivity index (χ2v) is 6.12. The van der Waals surface area contributed by atoms with Crippen molar-refractivity contribution < 1.29 is 0 Å². The van der Waals surface area contributed by atoms with Crippen LogP contribution in [0, 0.1) is 3.01 Å². The molecule has 0 aliphatic rings. The third-order valence-corrected chi connectivity index (χ3v) is 3.58. The number of halogens is 3. The molecular weight excluding hydrogens is 354 g/mol. The zero-order chi connectivity index (χ0) is 10.1. The molecule has 2 aromatic rings. The van der Waals surface area contributed by atoms with Gasteiger partial charge in [0.25, 0.3) is 0 Å². The van der Waals surface area contributed by atoms with Crippen LogP contribution in [0.25, 0.3) is 10.6 Å². The summed E-state index contributed by atoms with van der Waals surface area (Å²) in [5.74, 6) is 0. The van der Waals surface area contributed by atoms with E-state index in [-0.39, 0.29) is 0 Å². The Morgan fingerprint density at radius 3 is 2.21 bits per heavy atom. The van der Waals surface area contributed by atoms with Gasteiger partial charge in [0.15, 0.2) is 3.01 Å². The molecule has 0 atom stereocenters. The first-order valence-electron chi connectivity index (χ1n) is 3.60. The van der Waals surface area contributed by atoms with Crippen LogP contribution in [-0.4, -0.2) is 10.2 Å². The molecule has 0 spiro atoms. The lowest BCUT2D eigenvalue weighted by atomic mass is 10.2. The highest BCUT2D eigenvalue weighted by Crippen LogP contribution is 2.29. The molecule has 0 aliphatic heterocycles. The van der Waals surface area contributed by atoms with Gasteiger partial charge < -0.3 is 0 Å². The van der Waals surface area contributed by atoms with E-state index in [1.54, 1.807) is 6.07 Å². The molecule has 14 heavy (non-hydrogen) atoms. The minimum Gasteiger partial charge on any atom is -0.137 e. The van der Waals surface area contributed by atoms with Gasteiger partial charge in [0, 0.05) is 15.6 Å². The van der Waals surface area contributed by atoms with Crippen LogP contribution in [0.15, 0.2) is 18.2 Å². The van der Waals surface area contributed by atoms with Gasteiger partial charge in [-0.1, -0.05) is 34.5 Å². The molecule has 1 aromatic heterocycles. The third-order valence-electron chi connectivity index (χ3n) is 1.51. The second kappa shape index (κ2) is 4.30. The lowest BCUT2D eigenvalue weighted by Crippen LogP contribution is -1.77. The first kappa shape index (κ1) is 10.6. The van der Waals surface area contributed by atoms with Gasteiger partial charge in [-0.3, -0.25) is 0 Å². The molecule has 0 bridgehead atoms. The van der Waals surface area contributed by atoms with Crippen molar-refractivity contribution in [3.05, 3.63) is 31.3 Å². The van der Waals surface area contributed by atoms with Gasteiger partial charge in [0.05, 0.1) is 0 Å². The quantitative estimate of drug-likeness (QED) is 0.718. The van der Waals surface area contributed by atoms with Crippen molar-refractivity contribution >= 4 is 57.1 Å². The predicted molar refractivity (Wildman–Crippen MR) is 68.1 cm³/mol. The summed E-state index contributed by atoms with van der Waals surface area (Å²) in [7, 11) is 0. The van der Waals surface area contributed by atoms with Gasteiger partial charge in [-0.2, -0.15) is 0 Å². The van der Waals surface area contributed by atoms with Crippen LogP contribution in [0.4, 0.5) is 0 Å². The molecule has 0 amide bonds. The van der Waals surface area contributed by atoms with Crippen LogP contribution < -0.4 is 0 Å². The maximum atomic E-state index is 5.88. The lowest BCUT2D eigenvalue weighted by molar-refractivity contribution is 1.07. The Labute approximate surface area is 108 Å². The number of hydrogen-bond donors (Lipinski definition) is 0. The average molecular weight is 357 g/mol. The lowest BCUT2D eigenvalue weighted by Gasteiger charge is -1.97. The zero-order valence-electron chi connectivity index (χ0n) is 6.67. The molecule has 1 aromatic carbocycles. The molecular formula is C8H3Cl2IN2S. The Hall–Kier alpha value is 0.0900. The molecule has 2 nitrogen and oxygen atoms in total. The van der Waals surface area contributed by atoms with Gasteiger partial charge >= 0.3 is 0 Å². The minimum atomic E-state index is 0.609. The summed E-state index contributed by atoms with van der Waals surface area (Å²) in [6.07, 6.45) is 0. The molecule has 1 heterocycles. The summed E-state index contributed by atoms with van der Waals surface area (Å²) in [6.45, 7) is 0. The van der Waals surface area contributed by atoms with E-state index in [0.717, 1.165) is 13.6 Å². The smallest absolute Gasteiger partial charge is 0.137 e. The summed E-state index contributed by atoms with van der Waals surface area (Å²) in [5, 5.41) is 9.98. The molecule has 0 aliphatic carbocycles. The molecule has 2 rings (SSSR count). The highest BCUT2D eigenvalue weighted by atomic mass is 127. The van der Waals surface area contributed by atoms with Crippen molar-refractivity contribution in [2.75, 3.05) is 0 Å². The van der Waals surface area contributed by atoms with E-state index < -0.39 is 0 Å². The molecule has 6 heteroatoms. The van der Waals surface area contributed by atoms with Crippen LogP contribution in [0.5, 0.6) is 0 Å². The van der Waals surface area contributed by atoms with E-state index in [0.29, 0.717) is 10.0 Å². The van der Waals surface area contributed by atoms with Gasteiger partial charge in [-0.05, 0) is 40.8 Å². The number of hydrogen-bond acceptors (Lipinski definition) is 3. The van der Waals surface area contributed by atoms with Crippen molar-refractivity contribution in [3.8, 4) is 10.6 Å². The summed E-state index contributed by atoms with van der Waals surface area (Å²) in [5.41, 5.74) is 0.905. The molecule has 0 saturated carbocycles. The Bertz CT molecular complexity index is 452. The van der Waals surface area contributed by atoms with E-state index in [9.17, 15) is 0 Å². The molecule has 0 fully saturated rings. The van der Waals surface area contributed by atoms with Gasteiger partial charge in [0.2, 0.25) is 0 Å². The van der Waals surface area contributed by atoms with Crippen molar-refractivity contribution in [2.45, 2.75) is 0 Å². The summed E-state index contributed by atoms with van der Waals surface area (Å²) >= 11 is 15.4.